The van der Waals surface area contributed by atoms with E-state index in [-0.39, 0.29) is 90.3 Å². The first-order valence-corrected chi connectivity index (χ1v) is 16.5. The Labute approximate surface area is 339 Å². The van der Waals surface area contributed by atoms with Gasteiger partial charge < -0.3 is 14.7 Å². The first kappa shape index (κ1) is 16.1. The lowest BCUT2D eigenvalue weighted by molar-refractivity contribution is 1.22. The van der Waals surface area contributed by atoms with E-state index in [1.807, 2.05) is 0 Å². The van der Waals surface area contributed by atoms with E-state index in [1.165, 1.54) is 53.7 Å². The fourth-order valence-electron chi connectivity index (χ4n) is 6.63. The van der Waals surface area contributed by atoms with Gasteiger partial charge in [0.05, 0.1) is 35.8 Å². The van der Waals surface area contributed by atoms with E-state index < -0.39 is 150 Å². The number of hydrogen-bond acceptors (Lipinski definition) is 3. The Balaban J connectivity index is 1.65. The van der Waals surface area contributed by atoms with Gasteiger partial charge in [0.1, 0.15) is 0 Å². The van der Waals surface area contributed by atoms with E-state index in [9.17, 15) is 19.2 Å². The summed E-state index contributed by atoms with van der Waals surface area (Å²) in [5.41, 5.74) is -4.68. The molecule has 7 aromatic carbocycles. The fraction of sp³-hybridized carbons (Fsp3) is 0.125. The fourth-order valence-corrected chi connectivity index (χ4v) is 6.63. The SMILES string of the molecule is [2H]c1c([2H])c(N(c2cc3c4c(c2)N(c2c([2H])c([2H])c(C)c([2H])c2[2H])c2c([2H])c([2H])c(C)c([2H])c2B4c2c([2H])c(C)c([2H])c([2H])c2N3c2c([2H])c([2H])c(C)c([2H])c2[2H])c2c([2H])c([2H])c(C)c([2H])c2[2H])c([2H])c([2H])c1C. The molecule has 0 saturated heterocycles. The van der Waals surface area contributed by atoms with Crippen molar-refractivity contribution < 1.29 is 30.2 Å². The average molecular weight is 694 g/mol. The highest BCUT2D eigenvalue weighted by Gasteiger charge is 2.44. The topological polar surface area (TPSA) is 9.72 Å². The molecule has 0 atom stereocenters. The molecule has 0 fully saturated rings. The number of benzene rings is 7. The van der Waals surface area contributed by atoms with Crippen molar-refractivity contribution in [3.63, 3.8) is 0 Å². The van der Waals surface area contributed by atoms with Crippen LogP contribution in [0.15, 0.2) is 145 Å². The summed E-state index contributed by atoms with van der Waals surface area (Å²) < 4.78 is 205. The maximum atomic E-state index is 9.80. The number of hydrogen-bond donors (Lipinski definition) is 0. The molecule has 0 N–H and O–H groups in total. The summed E-state index contributed by atoms with van der Waals surface area (Å²) in [6.07, 6.45) is 0. The molecule has 2 aliphatic heterocycles. The van der Waals surface area contributed by atoms with Crippen LogP contribution in [0, 0.1) is 41.5 Å². The van der Waals surface area contributed by atoms with Gasteiger partial charge in [-0.2, -0.15) is 0 Å². The van der Waals surface area contributed by atoms with Crippen molar-refractivity contribution in [2.75, 3.05) is 14.7 Å². The Kier molecular flexibility index (Phi) is 3.83. The van der Waals surface area contributed by atoms with Gasteiger partial charge in [-0.1, -0.05) is 106 Å². The van der Waals surface area contributed by atoms with Gasteiger partial charge in [-0.3, -0.25) is 0 Å². The number of anilines is 9. The molecule has 0 aromatic heterocycles. The predicted molar refractivity (Wildman–Crippen MR) is 224 cm³/mol. The van der Waals surface area contributed by atoms with E-state index in [1.54, 1.807) is 0 Å². The zero-order valence-electron chi connectivity index (χ0n) is 51.1. The largest absolute Gasteiger partial charge is 0.311 e. The zero-order valence-corrected chi connectivity index (χ0v) is 29.1. The highest BCUT2D eigenvalue weighted by Crippen LogP contribution is 2.48. The summed E-state index contributed by atoms with van der Waals surface area (Å²) in [5.74, 6) is 0. The van der Waals surface area contributed by atoms with Gasteiger partial charge in [0, 0.05) is 45.5 Å². The van der Waals surface area contributed by atoms with Crippen LogP contribution >= 0.6 is 0 Å². The normalized spacial score (nSPS) is 18.6. The van der Waals surface area contributed by atoms with Crippen LogP contribution in [0.1, 0.15) is 63.5 Å². The molecule has 0 spiro atoms. The Morgan fingerprint density at radius 1 is 0.404 bits per heavy atom. The second kappa shape index (κ2) is 12.3. The third-order valence-electron chi connectivity index (χ3n) is 8.91. The molecule has 0 radical (unpaired) electrons. The van der Waals surface area contributed by atoms with Gasteiger partial charge in [-0.05, 0) is 130 Å². The van der Waals surface area contributed by atoms with Crippen LogP contribution in [-0.2, 0) is 0 Å². The molecule has 2 aliphatic rings. The molecule has 52 heavy (non-hydrogen) atoms. The predicted octanol–water partition coefficient (Wildman–Crippen LogP) is 11.1. The number of fused-ring (bicyclic) bond motifs is 4. The summed E-state index contributed by atoms with van der Waals surface area (Å²) in [6.45, 7) is 6.72. The van der Waals surface area contributed by atoms with Crippen LogP contribution in [0.2, 0.25) is 0 Å². The Bertz CT molecular complexity index is 3410. The Morgan fingerprint density at radius 2 is 0.750 bits per heavy atom. The van der Waals surface area contributed by atoms with E-state index in [0.717, 1.165) is 14.7 Å². The quantitative estimate of drug-likeness (QED) is 0.166. The summed E-state index contributed by atoms with van der Waals surface area (Å²) in [7, 11) is 0. The van der Waals surface area contributed by atoms with Crippen LogP contribution in [0.5, 0.6) is 0 Å². The van der Waals surface area contributed by atoms with Crippen LogP contribution in [0.25, 0.3) is 0 Å². The first-order chi connectivity index (χ1) is 34.5. The Hall–Kier alpha value is -6.00. The monoisotopic (exact) mass is 693 g/mol. The van der Waals surface area contributed by atoms with Crippen molar-refractivity contribution in [3.8, 4) is 0 Å². The summed E-state index contributed by atoms with van der Waals surface area (Å²) in [6, 6.07) is -10.4. The van der Waals surface area contributed by atoms with Gasteiger partial charge in [0.2, 0.25) is 0 Å². The molecule has 3 nitrogen and oxygen atoms in total. The van der Waals surface area contributed by atoms with Gasteiger partial charge in [-0.15, -0.1) is 0 Å². The lowest BCUT2D eigenvalue weighted by atomic mass is 9.33. The lowest BCUT2D eigenvalue weighted by Gasteiger charge is -2.45. The third kappa shape index (κ3) is 5.29. The van der Waals surface area contributed by atoms with Crippen molar-refractivity contribution in [3.05, 3.63) is 178 Å². The minimum atomic E-state index is -1.50. The minimum absolute atomic E-state index is 0.0380. The summed E-state index contributed by atoms with van der Waals surface area (Å²) in [5, 5.41) is 0. The third-order valence-corrected chi connectivity index (χ3v) is 8.91. The van der Waals surface area contributed by atoms with Crippen LogP contribution in [0.3, 0.4) is 0 Å². The van der Waals surface area contributed by atoms with Crippen molar-refractivity contribution >= 4 is 74.3 Å². The maximum Gasteiger partial charge on any atom is 0.252 e. The second-order valence-corrected chi connectivity index (χ2v) is 12.8. The molecule has 0 saturated carbocycles. The van der Waals surface area contributed by atoms with E-state index in [2.05, 4.69) is 0 Å². The van der Waals surface area contributed by atoms with Crippen LogP contribution in [0.4, 0.5) is 51.2 Å². The molecule has 0 unspecified atom stereocenters. The zero-order chi connectivity index (χ0) is 54.8. The van der Waals surface area contributed by atoms with Crippen LogP contribution in [-0.4, -0.2) is 6.71 Å². The second-order valence-electron chi connectivity index (χ2n) is 12.8. The van der Waals surface area contributed by atoms with Gasteiger partial charge >= 0.3 is 0 Å². The molecule has 0 aliphatic carbocycles. The van der Waals surface area contributed by atoms with E-state index in [4.69, 9.17) is 11.0 Å². The van der Waals surface area contributed by atoms with Crippen molar-refractivity contribution in [2.24, 2.45) is 0 Å². The molecule has 0 amide bonds. The molecular formula is C48H42BN3. The molecule has 2 heterocycles. The standard InChI is InChI=1S/C48H42BN3/c1-31-7-17-37(18-8-31)50(38-19-9-32(2)10-20-38)41-29-46-48-47(30-41)52(40-23-13-34(4)14-24-40)45-26-16-36(6)28-43(45)49(48)42-27-35(5)15-25-44(42)51(46)39-21-11-33(3)12-22-39/h7-30H,1-6H3/i7D,8D,9D,10D,11D,12D,13D,14D,15D,16D,17D,18D,19D,20D,21D,22D,23D,24D,25D,26D,27D,28D. The van der Waals surface area contributed by atoms with Gasteiger partial charge in [0.15, 0.2) is 0 Å². The highest BCUT2D eigenvalue weighted by molar-refractivity contribution is 7.00. The van der Waals surface area contributed by atoms with Crippen LogP contribution < -0.4 is 31.1 Å². The Morgan fingerprint density at radius 3 is 1.13 bits per heavy atom. The maximum absolute atomic E-state index is 9.80. The van der Waals surface area contributed by atoms with Crippen molar-refractivity contribution in [1.82, 2.24) is 0 Å². The van der Waals surface area contributed by atoms with Gasteiger partial charge in [0.25, 0.3) is 6.71 Å². The molecule has 252 valence electrons. The molecule has 7 aromatic rings. The highest BCUT2D eigenvalue weighted by atomic mass is 15.2. The minimum Gasteiger partial charge on any atom is -0.311 e. The van der Waals surface area contributed by atoms with Crippen molar-refractivity contribution in [2.45, 2.75) is 41.5 Å². The van der Waals surface area contributed by atoms with E-state index >= 15 is 0 Å². The molecule has 9 rings (SSSR count). The smallest absolute Gasteiger partial charge is 0.252 e. The summed E-state index contributed by atoms with van der Waals surface area (Å²) in [4.78, 5) is 3.12. The first-order valence-electron chi connectivity index (χ1n) is 27.5. The van der Waals surface area contributed by atoms with E-state index in [0.29, 0.717) is 0 Å². The number of rotatable bonds is 5. The molecular weight excluding hydrogens is 629 g/mol. The molecule has 0 bridgehead atoms. The van der Waals surface area contributed by atoms with Crippen molar-refractivity contribution in [1.29, 1.82) is 0 Å². The van der Waals surface area contributed by atoms with Gasteiger partial charge in [-0.25, -0.2) is 0 Å². The molecule has 4 heteroatoms. The number of nitrogens with zero attached hydrogens (tertiary/aromatic N) is 3. The summed E-state index contributed by atoms with van der Waals surface area (Å²) >= 11 is 0. The lowest BCUT2D eigenvalue weighted by Crippen LogP contribution is -2.61. The average Bonchev–Trinajstić information content (AvgIpc) is 3.38.